The van der Waals surface area contributed by atoms with Crippen LogP contribution in [-0.4, -0.2) is 28.3 Å². The first-order valence-corrected chi connectivity index (χ1v) is 6.30. The fraction of sp³-hybridized carbons (Fsp3) is 0.667. The van der Waals surface area contributed by atoms with Crippen molar-refractivity contribution < 1.29 is 4.79 Å². The summed E-state index contributed by atoms with van der Waals surface area (Å²) < 4.78 is 1.68. The van der Waals surface area contributed by atoms with Crippen LogP contribution in [0.4, 0.5) is 11.5 Å². The third-order valence-electron chi connectivity index (χ3n) is 2.51. The largest absolute Gasteiger partial charge is 0.394 e. The molecule has 18 heavy (non-hydrogen) atoms. The van der Waals surface area contributed by atoms with Crippen molar-refractivity contribution in [2.24, 2.45) is 7.05 Å². The highest BCUT2D eigenvalue weighted by molar-refractivity contribution is 5.82. The number of carbonyl (C=O) groups excluding carboxylic acids is 1. The van der Waals surface area contributed by atoms with E-state index in [4.69, 9.17) is 5.73 Å². The van der Waals surface area contributed by atoms with E-state index in [-0.39, 0.29) is 18.5 Å². The van der Waals surface area contributed by atoms with E-state index in [1.54, 1.807) is 4.68 Å². The normalized spacial score (nSPS) is 10.7. The third kappa shape index (κ3) is 3.65. The van der Waals surface area contributed by atoms with Gasteiger partial charge in [0.05, 0.1) is 17.9 Å². The van der Waals surface area contributed by atoms with Crippen molar-refractivity contribution in [3.8, 4) is 0 Å². The van der Waals surface area contributed by atoms with Gasteiger partial charge in [0.25, 0.3) is 0 Å². The lowest BCUT2D eigenvalue weighted by Gasteiger charge is -2.10. The molecule has 0 unspecified atom stereocenters. The Kier molecular flexibility index (Phi) is 5.00. The quantitative estimate of drug-likeness (QED) is 0.703. The van der Waals surface area contributed by atoms with Crippen LogP contribution in [-0.2, 0) is 18.3 Å². The summed E-state index contributed by atoms with van der Waals surface area (Å²) in [7, 11) is 1.82. The number of amides is 1. The number of hydrogen-bond donors (Lipinski definition) is 3. The zero-order valence-corrected chi connectivity index (χ0v) is 11.6. The number of nitrogens with one attached hydrogen (secondary N) is 2. The number of rotatable bonds is 6. The average molecular weight is 253 g/mol. The molecule has 0 aliphatic rings. The van der Waals surface area contributed by atoms with Gasteiger partial charge in [0.2, 0.25) is 5.91 Å². The van der Waals surface area contributed by atoms with Crippen LogP contribution in [0.5, 0.6) is 0 Å². The van der Waals surface area contributed by atoms with Crippen LogP contribution in [0.25, 0.3) is 0 Å². The van der Waals surface area contributed by atoms with Gasteiger partial charge in [-0.25, -0.2) is 0 Å². The molecule has 0 saturated carbocycles. The number of nitrogens with zero attached hydrogens (tertiary/aromatic N) is 2. The van der Waals surface area contributed by atoms with Gasteiger partial charge in [0.1, 0.15) is 5.82 Å². The van der Waals surface area contributed by atoms with Crippen LogP contribution in [0.1, 0.15) is 32.9 Å². The molecule has 1 aromatic heterocycles. The van der Waals surface area contributed by atoms with Gasteiger partial charge < -0.3 is 16.4 Å². The van der Waals surface area contributed by atoms with Crippen molar-refractivity contribution in [1.82, 2.24) is 15.1 Å². The molecular formula is C12H23N5O. The SMILES string of the molecule is CCCc1nn(C)c(NCC(=O)NC(C)C)c1N. The number of hydrogen-bond acceptors (Lipinski definition) is 4. The highest BCUT2D eigenvalue weighted by Gasteiger charge is 2.13. The Balaban J connectivity index is 2.64. The molecule has 6 nitrogen and oxygen atoms in total. The van der Waals surface area contributed by atoms with Gasteiger partial charge in [-0.15, -0.1) is 0 Å². The van der Waals surface area contributed by atoms with Gasteiger partial charge in [0.15, 0.2) is 0 Å². The summed E-state index contributed by atoms with van der Waals surface area (Å²) in [6.45, 7) is 6.14. The van der Waals surface area contributed by atoms with E-state index in [1.165, 1.54) is 0 Å². The molecule has 0 aliphatic carbocycles. The summed E-state index contributed by atoms with van der Waals surface area (Å²) in [4.78, 5) is 11.5. The minimum absolute atomic E-state index is 0.0531. The van der Waals surface area contributed by atoms with Crippen molar-refractivity contribution in [2.45, 2.75) is 39.7 Å². The van der Waals surface area contributed by atoms with Crippen LogP contribution in [0, 0.1) is 0 Å². The van der Waals surface area contributed by atoms with E-state index in [2.05, 4.69) is 22.7 Å². The van der Waals surface area contributed by atoms with Crippen LogP contribution >= 0.6 is 0 Å². The fourth-order valence-corrected chi connectivity index (χ4v) is 1.76. The predicted molar refractivity (Wildman–Crippen MR) is 73.4 cm³/mol. The van der Waals surface area contributed by atoms with E-state index in [9.17, 15) is 4.79 Å². The molecule has 6 heteroatoms. The maximum atomic E-state index is 11.5. The van der Waals surface area contributed by atoms with Crippen molar-refractivity contribution in [1.29, 1.82) is 0 Å². The first-order chi connectivity index (χ1) is 8.45. The second kappa shape index (κ2) is 6.28. The second-order valence-electron chi connectivity index (χ2n) is 4.66. The second-order valence-corrected chi connectivity index (χ2v) is 4.66. The number of carbonyl (C=O) groups is 1. The van der Waals surface area contributed by atoms with Gasteiger partial charge in [-0.2, -0.15) is 5.10 Å². The number of aromatic nitrogens is 2. The van der Waals surface area contributed by atoms with Gasteiger partial charge >= 0.3 is 0 Å². The summed E-state index contributed by atoms with van der Waals surface area (Å²) in [6.07, 6.45) is 1.84. The van der Waals surface area contributed by atoms with E-state index in [0.29, 0.717) is 11.5 Å². The topological polar surface area (TPSA) is 85.0 Å². The minimum atomic E-state index is -0.0531. The molecule has 0 aromatic carbocycles. The van der Waals surface area contributed by atoms with Crippen molar-refractivity contribution in [3.05, 3.63) is 5.69 Å². The van der Waals surface area contributed by atoms with Crippen molar-refractivity contribution in [3.63, 3.8) is 0 Å². The number of aryl methyl sites for hydroxylation is 2. The first kappa shape index (κ1) is 14.3. The first-order valence-electron chi connectivity index (χ1n) is 6.30. The van der Waals surface area contributed by atoms with Crippen molar-refractivity contribution in [2.75, 3.05) is 17.6 Å². The Morgan fingerprint density at radius 3 is 2.72 bits per heavy atom. The molecule has 0 fully saturated rings. The van der Waals surface area contributed by atoms with Crippen LogP contribution in [0.15, 0.2) is 0 Å². The maximum absolute atomic E-state index is 11.5. The standard InChI is InChI=1S/C12H23N5O/c1-5-6-9-11(13)12(17(4)16-9)14-7-10(18)15-8(2)3/h8,14H,5-7,13H2,1-4H3,(H,15,18). The lowest BCUT2D eigenvalue weighted by atomic mass is 10.2. The monoisotopic (exact) mass is 253 g/mol. The molecular weight excluding hydrogens is 230 g/mol. The Bertz CT molecular complexity index is 411. The Morgan fingerprint density at radius 1 is 1.50 bits per heavy atom. The Hall–Kier alpha value is -1.72. The van der Waals surface area contributed by atoms with Crippen LogP contribution < -0.4 is 16.4 Å². The lowest BCUT2D eigenvalue weighted by molar-refractivity contribution is -0.119. The molecule has 0 atom stereocenters. The molecule has 0 aliphatic heterocycles. The van der Waals surface area contributed by atoms with Gasteiger partial charge in [0, 0.05) is 13.1 Å². The zero-order valence-electron chi connectivity index (χ0n) is 11.6. The van der Waals surface area contributed by atoms with Gasteiger partial charge in [-0.05, 0) is 20.3 Å². The van der Waals surface area contributed by atoms with Crippen molar-refractivity contribution >= 4 is 17.4 Å². The van der Waals surface area contributed by atoms with E-state index in [0.717, 1.165) is 18.5 Å². The minimum Gasteiger partial charge on any atom is -0.394 e. The van der Waals surface area contributed by atoms with Crippen LogP contribution in [0.3, 0.4) is 0 Å². The predicted octanol–water partition coefficient (Wildman–Crippen LogP) is 0.891. The lowest BCUT2D eigenvalue weighted by Crippen LogP contribution is -2.35. The molecule has 0 radical (unpaired) electrons. The molecule has 1 rings (SSSR count). The summed E-state index contributed by atoms with van der Waals surface area (Å²) in [5, 5.41) is 10.2. The Morgan fingerprint density at radius 2 is 2.17 bits per heavy atom. The van der Waals surface area contributed by atoms with Gasteiger partial charge in [-0.1, -0.05) is 13.3 Å². The molecule has 1 aromatic rings. The maximum Gasteiger partial charge on any atom is 0.239 e. The highest BCUT2D eigenvalue weighted by Crippen LogP contribution is 2.22. The number of anilines is 2. The molecule has 1 amide bonds. The van der Waals surface area contributed by atoms with E-state index < -0.39 is 0 Å². The van der Waals surface area contributed by atoms with E-state index >= 15 is 0 Å². The smallest absolute Gasteiger partial charge is 0.239 e. The van der Waals surface area contributed by atoms with Crippen LogP contribution in [0.2, 0.25) is 0 Å². The fourth-order valence-electron chi connectivity index (χ4n) is 1.76. The van der Waals surface area contributed by atoms with E-state index in [1.807, 2.05) is 20.9 Å². The highest BCUT2D eigenvalue weighted by atomic mass is 16.1. The average Bonchev–Trinajstić information content (AvgIpc) is 2.52. The molecule has 1 heterocycles. The van der Waals surface area contributed by atoms with Gasteiger partial charge in [-0.3, -0.25) is 9.48 Å². The summed E-state index contributed by atoms with van der Waals surface area (Å²) in [6, 6.07) is 0.138. The molecule has 102 valence electrons. The zero-order chi connectivity index (χ0) is 13.7. The summed E-state index contributed by atoms with van der Waals surface area (Å²) in [5.74, 6) is 0.653. The number of nitrogen functional groups attached to an aromatic ring is 1. The molecule has 0 spiro atoms. The summed E-state index contributed by atoms with van der Waals surface area (Å²) >= 11 is 0. The third-order valence-corrected chi connectivity index (χ3v) is 2.51. The summed E-state index contributed by atoms with van der Waals surface area (Å²) in [5.41, 5.74) is 7.52. The molecule has 0 saturated heterocycles. The Labute approximate surface area is 108 Å². The molecule has 4 N–H and O–H groups in total. The molecule has 0 bridgehead atoms. The number of nitrogens with two attached hydrogens (primary N) is 1.